The molecule has 4 heterocycles. The Balaban J connectivity index is 0.000000188. The summed E-state index contributed by atoms with van der Waals surface area (Å²) in [5.74, 6) is 0.352. The molecule has 1 aromatic carbocycles. The van der Waals surface area contributed by atoms with Gasteiger partial charge in [-0.05, 0) is 83.2 Å². The third kappa shape index (κ3) is 4.24. The lowest BCUT2D eigenvalue weighted by atomic mass is 9.88. The number of hydrogen-bond acceptors (Lipinski definition) is 3. The summed E-state index contributed by atoms with van der Waals surface area (Å²) in [5, 5.41) is 9.60. The number of aliphatic carboxylic acids is 1. The number of benzene rings is 1. The van der Waals surface area contributed by atoms with E-state index in [9.17, 15) is 9.90 Å². The van der Waals surface area contributed by atoms with Crippen LogP contribution in [0, 0.1) is 5.92 Å². The Morgan fingerprint density at radius 1 is 0.960 bits per heavy atom. The monoisotopic (exact) mass is 344 g/mol. The predicted molar refractivity (Wildman–Crippen MR) is 101 cm³/mol. The fraction of sp³-hybridized carbons (Fsp3) is 0.667. The van der Waals surface area contributed by atoms with E-state index in [-0.39, 0.29) is 0 Å². The van der Waals surface area contributed by atoms with Crippen molar-refractivity contribution in [3.63, 3.8) is 0 Å². The van der Waals surface area contributed by atoms with E-state index >= 15 is 0 Å². The molecule has 4 fully saturated rings. The Morgan fingerprint density at radius 2 is 1.52 bits per heavy atom. The fourth-order valence-corrected chi connectivity index (χ4v) is 4.41. The van der Waals surface area contributed by atoms with E-state index in [2.05, 4.69) is 9.80 Å². The Labute approximate surface area is 151 Å². The van der Waals surface area contributed by atoms with Crippen LogP contribution >= 0.6 is 0 Å². The second-order valence-corrected chi connectivity index (χ2v) is 7.86. The largest absolute Gasteiger partial charge is 0.480 e. The molecule has 1 N–H and O–H groups in total. The van der Waals surface area contributed by atoms with Gasteiger partial charge in [-0.3, -0.25) is 4.90 Å². The van der Waals surface area contributed by atoms with Crippen molar-refractivity contribution in [3.8, 4) is 0 Å². The van der Waals surface area contributed by atoms with Gasteiger partial charge in [-0.1, -0.05) is 36.8 Å². The molecule has 0 spiro atoms. The number of carboxylic acids is 1. The molecule has 4 aliphatic heterocycles. The first-order valence-corrected chi connectivity index (χ1v) is 9.87. The number of piperidine rings is 4. The maximum absolute atomic E-state index is 11.7. The molecule has 138 valence electrons. The van der Waals surface area contributed by atoms with Gasteiger partial charge in [0, 0.05) is 0 Å². The van der Waals surface area contributed by atoms with Crippen LogP contribution in [0.3, 0.4) is 0 Å². The molecule has 0 aliphatic carbocycles. The van der Waals surface area contributed by atoms with E-state index in [0.717, 1.165) is 37.4 Å². The van der Waals surface area contributed by atoms with Gasteiger partial charge in [-0.2, -0.15) is 0 Å². The lowest BCUT2D eigenvalue weighted by Crippen LogP contribution is -2.51. The van der Waals surface area contributed by atoms with Gasteiger partial charge in [0.1, 0.15) is 5.54 Å². The van der Waals surface area contributed by atoms with E-state index in [1.807, 2.05) is 37.3 Å². The normalized spacial score (nSPS) is 28.5. The molecule has 1 atom stereocenters. The van der Waals surface area contributed by atoms with E-state index in [4.69, 9.17) is 0 Å². The molecule has 5 rings (SSSR count). The Morgan fingerprint density at radius 3 is 1.92 bits per heavy atom. The molecular weight excluding hydrogens is 312 g/mol. The summed E-state index contributed by atoms with van der Waals surface area (Å²) in [6.45, 7) is 7.74. The summed E-state index contributed by atoms with van der Waals surface area (Å²) in [5.41, 5.74) is -0.0174. The number of nitrogens with zero attached hydrogens (tertiary/aromatic N) is 2. The van der Waals surface area contributed by atoms with Crippen molar-refractivity contribution in [3.05, 3.63) is 35.9 Å². The number of hydrogen-bond donors (Lipinski definition) is 1. The highest BCUT2D eigenvalue weighted by atomic mass is 16.4. The Bertz CT molecular complexity index is 525. The molecular formula is C21H32N2O2. The second kappa shape index (κ2) is 8.33. The zero-order valence-corrected chi connectivity index (χ0v) is 15.5. The van der Waals surface area contributed by atoms with Crippen molar-refractivity contribution in [2.75, 3.05) is 32.7 Å². The first-order valence-electron chi connectivity index (χ1n) is 9.87. The zero-order valence-electron chi connectivity index (χ0n) is 15.5. The van der Waals surface area contributed by atoms with Crippen LogP contribution in [0.25, 0.3) is 0 Å². The summed E-state index contributed by atoms with van der Waals surface area (Å²) in [7, 11) is 0. The van der Waals surface area contributed by atoms with Crippen molar-refractivity contribution in [2.45, 2.75) is 51.0 Å². The van der Waals surface area contributed by atoms with Crippen LogP contribution in [0.1, 0.15) is 51.0 Å². The van der Waals surface area contributed by atoms with Crippen molar-refractivity contribution in [2.24, 2.45) is 5.92 Å². The molecule has 1 unspecified atom stereocenters. The molecule has 4 nitrogen and oxygen atoms in total. The fourth-order valence-electron chi connectivity index (χ4n) is 4.41. The molecule has 2 bridgehead atoms. The third-order valence-corrected chi connectivity index (χ3v) is 6.30. The Kier molecular flexibility index (Phi) is 6.13. The van der Waals surface area contributed by atoms with Crippen LogP contribution in [0.4, 0.5) is 0 Å². The van der Waals surface area contributed by atoms with Gasteiger partial charge >= 0.3 is 5.97 Å². The lowest BCUT2D eigenvalue weighted by molar-refractivity contribution is -0.152. The molecule has 4 heteroatoms. The first kappa shape index (κ1) is 18.4. The summed E-state index contributed by atoms with van der Waals surface area (Å²) in [6, 6.07) is 9.54. The molecule has 1 aromatic rings. The summed E-state index contributed by atoms with van der Waals surface area (Å²) < 4.78 is 0. The smallest absolute Gasteiger partial charge is 0.328 e. The summed E-state index contributed by atoms with van der Waals surface area (Å²) in [6.07, 6.45) is 7.85. The van der Waals surface area contributed by atoms with E-state index in [0.29, 0.717) is 0 Å². The number of carbonyl (C=O) groups is 1. The average Bonchev–Trinajstić information content (AvgIpc) is 2.70. The van der Waals surface area contributed by atoms with Crippen molar-refractivity contribution >= 4 is 5.97 Å². The highest BCUT2D eigenvalue weighted by Crippen LogP contribution is 2.31. The number of rotatable bonds is 3. The minimum Gasteiger partial charge on any atom is -0.480 e. The van der Waals surface area contributed by atoms with Gasteiger partial charge in [0.25, 0.3) is 0 Å². The predicted octanol–water partition coefficient (Wildman–Crippen LogP) is 3.57. The summed E-state index contributed by atoms with van der Waals surface area (Å²) >= 11 is 0. The van der Waals surface area contributed by atoms with Crippen LogP contribution in [-0.4, -0.2) is 53.6 Å². The SMILES string of the molecule is C1CN2CCC1CC2.CC(C(=O)O)(c1ccccc1)N1CCCCC1. The molecule has 0 radical (unpaired) electrons. The number of fused-ring (bicyclic) bond motifs is 3. The van der Waals surface area contributed by atoms with Crippen LogP contribution in [0.5, 0.6) is 0 Å². The lowest BCUT2D eigenvalue weighted by Gasteiger charge is -2.40. The maximum Gasteiger partial charge on any atom is 0.328 e. The van der Waals surface area contributed by atoms with Gasteiger partial charge < -0.3 is 10.0 Å². The molecule has 0 amide bonds. The van der Waals surface area contributed by atoms with Gasteiger partial charge in [0.2, 0.25) is 0 Å². The van der Waals surface area contributed by atoms with Gasteiger partial charge in [0.05, 0.1) is 0 Å². The quantitative estimate of drug-likeness (QED) is 0.910. The number of carboxylic acid groups (broad SMARTS) is 1. The van der Waals surface area contributed by atoms with Crippen molar-refractivity contribution in [1.29, 1.82) is 0 Å². The van der Waals surface area contributed by atoms with Crippen LogP contribution in [0.15, 0.2) is 30.3 Å². The molecule has 25 heavy (non-hydrogen) atoms. The molecule has 4 aliphatic rings. The maximum atomic E-state index is 11.7. The average molecular weight is 344 g/mol. The molecule has 0 saturated carbocycles. The van der Waals surface area contributed by atoms with Crippen molar-refractivity contribution in [1.82, 2.24) is 9.80 Å². The van der Waals surface area contributed by atoms with E-state index in [1.165, 1.54) is 45.3 Å². The first-order chi connectivity index (χ1) is 12.1. The number of likely N-dealkylation sites (tertiary alicyclic amines) is 1. The van der Waals surface area contributed by atoms with E-state index < -0.39 is 11.5 Å². The van der Waals surface area contributed by atoms with Crippen molar-refractivity contribution < 1.29 is 9.90 Å². The highest BCUT2D eigenvalue weighted by Gasteiger charge is 2.41. The van der Waals surface area contributed by atoms with Crippen LogP contribution in [-0.2, 0) is 10.3 Å². The third-order valence-electron chi connectivity index (χ3n) is 6.30. The van der Waals surface area contributed by atoms with Gasteiger partial charge in [-0.25, -0.2) is 4.79 Å². The zero-order chi connectivity index (χ0) is 17.7. The highest BCUT2D eigenvalue weighted by molar-refractivity contribution is 5.80. The topological polar surface area (TPSA) is 43.8 Å². The second-order valence-electron chi connectivity index (χ2n) is 7.86. The minimum absolute atomic E-state index is 0.759. The minimum atomic E-state index is -0.887. The van der Waals surface area contributed by atoms with Crippen LogP contribution in [0.2, 0.25) is 0 Å². The molecule has 4 saturated heterocycles. The van der Waals surface area contributed by atoms with Gasteiger partial charge in [-0.15, -0.1) is 0 Å². The van der Waals surface area contributed by atoms with Gasteiger partial charge in [0.15, 0.2) is 0 Å². The van der Waals surface area contributed by atoms with E-state index in [1.54, 1.807) is 0 Å². The molecule has 0 aromatic heterocycles. The standard InChI is InChI=1S/C14H19NO2.C7H13N/c1-14(13(16)17,12-8-4-2-5-9-12)15-10-6-3-7-11-15;1-4-8-5-2-7(1)3-6-8/h2,4-5,8-9H,3,6-7,10-11H2,1H3,(H,16,17);7H,1-6H2. The Hall–Kier alpha value is -1.39. The van der Waals surface area contributed by atoms with Crippen LogP contribution < -0.4 is 0 Å². The summed E-state index contributed by atoms with van der Waals surface area (Å²) in [4.78, 5) is 16.4.